The number of para-hydroxylation sites is 1. The molecule has 0 aliphatic heterocycles. The van der Waals surface area contributed by atoms with Crippen LogP contribution in [0, 0.1) is 0 Å². The first-order valence-electron chi connectivity index (χ1n) is 10.2. The minimum absolute atomic E-state index is 0.0877. The van der Waals surface area contributed by atoms with Crippen molar-refractivity contribution in [1.29, 1.82) is 0 Å². The molecule has 0 bridgehead atoms. The van der Waals surface area contributed by atoms with Gasteiger partial charge in [-0.25, -0.2) is 0 Å². The largest absolute Gasteiger partial charge is 0.411 e. The van der Waals surface area contributed by atoms with Crippen molar-refractivity contribution in [3.63, 3.8) is 0 Å². The Morgan fingerprint density at radius 3 is 2.34 bits per heavy atom. The summed E-state index contributed by atoms with van der Waals surface area (Å²) in [7, 11) is 0. The third-order valence-electron chi connectivity index (χ3n) is 4.75. The van der Waals surface area contributed by atoms with Gasteiger partial charge in [0.25, 0.3) is 5.22 Å². The van der Waals surface area contributed by atoms with Crippen LogP contribution in [0.2, 0.25) is 0 Å². The van der Waals surface area contributed by atoms with Gasteiger partial charge in [-0.3, -0.25) is 0 Å². The minimum Gasteiger partial charge on any atom is -0.411 e. The first-order valence-corrected chi connectivity index (χ1v) is 11.1. The van der Waals surface area contributed by atoms with Crippen LogP contribution in [0.15, 0.2) is 64.2 Å². The fourth-order valence-electron chi connectivity index (χ4n) is 2.99. The van der Waals surface area contributed by atoms with E-state index in [1.807, 2.05) is 49.4 Å². The zero-order valence-electron chi connectivity index (χ0n) is 18.4. The van der Waals surface area contributed by atoms with E-state index in [1.165, 1.54) is 17.3 Å². The van der Waals surface area contributed by atoms with Crippen LogP contribution in [-0.2, 0) is 5.41 Å². The van der Waals surface area contributed by atoms with E-state index in [0.717, 1.165) is 11.3 Å². The second kappa shape index (κ2) is 8.96. The number of rotatable bonds is 6. The molecule has 0 saturated carbocycles. The Morgan fingerprint density at radius 1 is 0.938 bits per heavy atom. The molecule has 4 rings (SSSR count). The summed E-state index contributed by atoms with van der Waals surface area (Å²) in [6.45, 7) is 8.49. The van der Waals surface area contributed by atoms with E-state index in [-0.39, 0.29) is 16.6 Å². The van der Waals surface area contributed by atoms with Gasteiger partial charge in [0.2, 0.25) is 17.8 Å². The van der Waals surface area contributed by atoms with Gasteiger partial charge in [0, 0.05) is 11.3 Å². The van der Waals surface area contributed by atoms with Crippen LogP contribution >= 0.6 is 11.8 Å². The van der Waals surface area contributed by atoms with Crippen LogP contribution in [0.4, 0.5) is 17.6 Å². The number of nitrogen functional groups attached to an aromatic ring is 1. The van der Waals surface area contributed by atoms with Gasteiger partial charge in [0.1, 0.15) is 5.82 Å². The highest BCUT2D eigenvalue weighted by Crippen LogP contribution is 2.34. The van der Waals surface area contributed by atoms with E-state index in [2.05, 4.69) is 63.4 Å². The topological polar surface area (TPSA) is 116 Å². The fourth-order valence-corrected chi connectivity index (χ4v) is 3.72. The van der Waals surface area contributed by atoms with Gasteiger partial charge in [-0.05, 0) is 42.2 Å². The highest BCUT2D eigenvalue weighted by atomic mass is 32.2. The number of hydrogen-bond donors (Lipinski definition) is 2. The van der Waals surface area contributed by atoms with E-state index < -0.39 is 0 Å². The summed E-state index contributed by atoms with van der Waals surface area (Å²) in [6.07, 6.45) is 0. The monoisotopic (exact) mass is 447 g/mol. The maximum Gasteiger partial charge on any atom is 0.277 e. The number of benzene rings is 2. The molecule has 9 heteroatoms. The van der Waals surface area contributed by atoms with E-state index in [9.17, 15) is 0 Å². The molecule has 3 N–H and O–H groups in total. The number of nitrogens with zero attached hydrogens (tertiary/aromatic N) is 5. The molecule has 32 heavy (non-hydrogen) atoms. The molecular formula is C23H25N7OS. The van der Waals surface area contributed by atoms with Crippen molar-refractivity contribution < 1.29 is 4.42 Å². The lowest BCUT2D eigenvalue weighted by atomic mass is 9.87. The van der Waals surface area contributed by atoms with Gasteiger partial charge in [-0.1, -0.05) is 62.9 Å². The maximum absolute atomic E-state index is 5.90. The third kappa shape index (κ3) is 5.23. The van der Waals surface area contributed by atoms with Crippen LogP contribution in [0.1, 0.15) is 44.3 Å². The molecule has 2 aromatic carbocycles. The number of hydrogen-bond acceptors (Lipinski definition) is 9. The Labute approximate surface area is 191 Å². The lowest BCUT2D eigenvalue weighted by Gasteiger charge is -2.18. The molecule has 0 amide bonds. The smallest absolute Gasteiger partial charge is 0.277 e. The molecule has 0 aliphatic carbocycles. The van der Waals surface area contributed by atoms with Gasteiger partial charge < -0.3 is 15.5 Å². The summed E-state index contributed by atoms with van der Waals surface area (Å²) in [5.41, 5.74) is 8.98. The third-order valence-corrected chi connectivity index (χ3v) is 5.68. The van der Waals surface area contributed by atoms with Crippen molar-refractivity contribution in [2.75, 3.05) is 11.1 Å². The van der Waals surface area contributed by atoms with Crippen molar-refractivity contribution in [2.24, 2.45) is 0 Å². The molecule has 8 nitrogen and oxygen atoms in total. The fraction of sp³-hybridized carbons (Fsp3) is 0.261. The zero-order chi connectivity index (χ0) is 22.7. The molecule has 0 aliphatic rings. The van der Waals surface area contributed by atoms with Gasteiger partial charge in [-0.15, -0.1) is 10.2 Å². The summed E-state index contributed by atoms with van der Waals surface area (Å²) in [5, 5.41) is 11.8. The second-order valence-corrected chi connectivity index (χ2v) is 9.62. The molecule has 1 atom stereocenters. The normalized spacial score (nSPS) is 12.5. The highest BCUT2D eigenvalue weighted by molar-refractivity contribution is 7.99. The number of anilines is 3. The summed E-state index contributed by atoms with van der Waals surface area (Å²) in [5.74, 6) is 1.53. The summed E-state index contributed by atoms with van der Waals surface area (Å²) in [6, 6.07) is 17.8. The molecule has 164 valence electrons. The standard InChI is InChI=1S/C23H25N7OS/c1-14(18-26-20(24)28-21(27-18)25-17-8-6-5-7-9-17)32-22-30-29-19(31-22)15-10-12-16(13-11-15)23(2,3)4/h5-14H,1-4H3,(H3,24,25,26,27,28). The molecule has 4 aromatic rings. The number of nitrogens with one attached hydrogen (secondary N) is 1. The molecule has 1 unspecified atom stereocenters. The van der Waals surface area contributed by atoms with Crippen molar-refractivity contribution in [2.45, 2.75) is 43.6 Å². The molecule has 0 spiro atoms. The van der Waals surface area contributed by atoms with E-state index in [1.54, 1.807) is 0 Å². The minimum atomic E-state index is -0.173. The number of thioether (sulfide) groups is 1. The van der Waals surface area contributed by atoms with Crippen molar-refractivity contribution >= 4 is 29.3 Å². The lowest BCUT2D eigenvalue weighted by molar-refractivity contribution is 0.464. The molecule has 0 fully saturated rings. The van der Waals surface area contributed by atoms with Gasteiger partial charge >= 0.3 is 0 Å². The van der Waals surface area contributed by atoms with Crippen LogP contribution in [0.5, 0.6) is 0 Å². The molecule has 0 saturated heterocycles. The number of nitrogens with two attached hydrogens (primary N) is 1. The Balaban J connectivity index is 1.48. The highest BCUT2D eigenvalue weighted by Gasteiger charge is 2.19. The maximum atomic E-state index is 5.90. The van der Waals surface area contributed by atoms with Crippen LogP contribution < -0.4 is 11.1 Å². The SMILES string of the molecule is CC(Sc1nnc(-c2ccc(C(C)(C)C)cc2)o1)c1nc(N)nc(Nc2ccccc2)n1. The second-order valence-electron chi connectivity index (χ2n) is 8.33. The van der Waals surface area contributed by atoms with E-state index in [0.29, 0.717) is 22.9 Å². The van der Waals surface area contributed by atoms with Gasteiger partial charge in [-0.2, -0.15) is 15.0 Å². The average molecular weight is 448 g/mol. The Bertz CT molecular complexity index is 1190. The summed E-state index contributed by atoms with van der Waals surface area (Å²) in [4.78, 5) is 12.9. The van der Waals surface area contributed by atoms with Gasteiger partial charge in [0.15, 0.2) is 0 Å². The molecular weight excluding hydrogens is 422 g/mol. The van der Waals surface area contributed by atoms with Crippen LogP contribution in [-0.4, -0.2) is 25.1 Å². The van der Waals surface area contributed by atoms with Gasteiger partial charge in [0.05, 0.1) is 5.25 Å². The lowest BCUT2D eigenvalue weighted by Crippen LogP contribution is -2.10. The number of aromatic nitrogens is 5. The summed E-state index contributed by atoms with van der Waals surface area (Å²) < 4.78 is 5.87. The average Bonchev–Trinajstić information content (AvgIpc) is 3.22. The quantitative estimate of drug-likeness (QED) is 0.375. The predicted molar refractivity (Wildman–Crippen MR) is 127 cm³/mol. The Kier molecular flexibility index (Phi) is 6.09. The van der Waals surface area contributed by atoms with Crippen molar-refractivity contribution in [3.05, 3.63) is 66.0 Å². The van der Waals surface area contributed by atoms with E-state index in [4.69, 9.17) is 10.2 Å². The zero-order valence-corrected chi connectivity index (χ0v) is 19.2. The Hall–Kier alpha value is -3.46. The van der Waals surface area contributed by atoms with E-state index >= 15 is 0 Å². The predicted octanol–water partition coefficient (Wildman–Crippen LogP) is 5.40. The first kappa shape index (κ1) is 21.8. The first-order chi connectivity index (χ1) is 15.3. The summed E-state index contributed by atoms with van der Waals surface area (Å²) >= 11 is 1.37. The van der Waals surface area contributed by atoms with Crippen molar-refractivity contribution in [3.8, 4) is 11.5 Å². The van der Waals surface area contributed by atoms with Crippen LogP contribution in [0.3, 0.4) is 0 Å². The molecule has 0 radical (unpaired) electrons. The van der Waals surface area contributed by atoms with Crippen LogP contribution in [0.25, 0.3) is 11.5 Å². The molecule has 2 aromatic heterocycles. The van der Waals surface area contributed by atoms with Crippen molar-refractivity contribution in [1.82, 2.24) is 25.1 Å². The Morgan fingerprint density at radius 2 is 1.66 bits per heavy atom. The molecule has 2 heterocycles.